The molecule has 2 atom stereocenters. The summed E-state index contributed by atoms with van der Waals surface area (Å²) in [6.45, 7) is 10.8. The first-order chi connectivity index (χ1) is 5.46. The Bertz CT molecular complexity index is 153. The Morgan fingerprint density at radius 2 is 2.00 bits per heavy atom. The van der Waals surface area contributed by atoms with E-state index in [2.05, 4.69) is 39.6 Å². The van der Waals surface area contributed by atoms with Crippen LogP contribution in [0, 0.1) is 11.3 Å². The largest absolute Gasteiger partial charge is 0.304 e. The van der Waals surface area contributed by atoms with Gasteiger partial charge in [0.25, 0.3) is 0 Å². The number of likely N-dealkylation sites (tertiary alicyclic amines) is 1. The molecule has 72 valence electrons. The van der Waals surface area contributed by atoms with Gasteiger partial charge in [0.2, 0.25) is 0 Å². The van der Waals surface area contributed by atoms with Crippen LogP contribution in [0.15, 0.2) is 0 Å². The molecule has 1 rings (SSSR count). The first kappa shape index (κ1) is 10.0. The molecular weight excluding hydrogens is 146 g/mol. The molecule has 1 heterocycles. The quantitative estimate of drug-likeness (QED) is 0.583. The predicted molar refractivity (Wildman–Crippen MR) is 54.3 cm³/mol. The minimum absolute atomic E-state index is 0.589. The van der Waals surface area contributed by atoms with Gasteiger partial charge in [-0.05, 0) is 44.7 Å². The maximum absolute atomic E-state index is 2.48. The van der Waals surface area contributed by atoms with Crippen molar-refractivity contribution in [2.45, 2.75) is 46.6 Å². The van der Waals surface area contributed by atoms with Crippen LogP contribution >= 0.6 is 0 Å². The van der Waals surface area contributed by atoms with Crippen LogP contribution in [0.1, 0.15) is 40.5 Å². The molecule has 1 nitrogen and oxygen atoms in total. The molecule has 0 aromatic rings. The number of hydrogen-bond donors (Lipinski definition) is 0. The Hall–Kier alpha value is -0.0400. The molecule has 0 saturated carbocycles. The lowest BCUT2D eigenvalue weighted by Crippen LogP contribution is -2.44. The molecule has 0 aliphatic carbocycles. The van der Waals surface area contributed by atoms with Gasteiger partial charge in [0, 0.05) is 6.04 Å². The van der Waals surface area contributed by atoms with Crippen molar-refractivity contribution in [3.8, 4) is 0 Å². The summed E-state index contributed by atoms with van der Waals surface area (Å²) in [4.78, 5) is 2.48. The molecule has 0 radical (unpaired) electrons. The maximum atomic E-state index is 2.48. The highest BCUT2D eigenvalue weighted by Gasteiger charge is 2.34. The highest BCUT2D eigenvalue weighted by Crippen LogP contribution is 2.39. The normalized spacial score (nSPS) is 39.0. The second-order valence-corrected chi connectivity index (χ2v) is 5.09. The van der Waals surface area contributed by atoms with Gasteiger partial charge in [0.1, 0.15) is 0 Å². The third-order valence-electron chi connectivity index (χ3n) is 3.94. The van der Waals surface area contributed by atoms with Crippen molar-refractivity contribution >= 4 is 0 Å². The molecule has 0 aromatic carbocycles. The van der Waals surface area contributed by atoms with E-state index < -0.39 is 0 Å². The fraction of sp³-hybridized carbons (Fsp3) is 1.00. The summed E-state index contributed by atoms with van der Waals surface area (Å²) in [5.74, 6) is 0.827. The SMILES string of the molecule is CC(C)[C@@]1(C)CCN(C)[C@@H](C)C1. The standard InChI is InChI=1S/C11H23N/c1-9(2)11(4)6-7-12(5)10(3)8-11/h9-10H,6-8H2,1-5H3/t10-,11-/m0/s1. The lowest BCUT2D eigenvalue weighted by Gasteiger charge is -2.44. The van der Waals surface area contributed by atoms with Crippen LogP contribution in [0.5, 0.6) is 0 Å². The van der Waals surface area contributed by atoms with E-state index >= 15 is 0 Å². The summed E-state index contributed by atoms with van der Waals surface area (Å²) >= 11 is 0. The first-order valence-corrected chi connectivity index (χ1v) is 5.16. The minimum Gasteiger partial charge on any atom is -0.304 e. The first-order valence-electron chi connectivity index (χ1n) is 5.16. The third-order valence-corrected chi connectivity index (χ3v) is 3.94. The van der Waals surface area contributed by atoms with Gasteiger partial charge in [-0.2, -0.15) is 0 Å². The van der Waals surface area contributed by atoms with Crippen LogP contribution in [0.4, 0.5) is 0 Å². The molecule has 0 unspecified atom stereocenters. The van der Waals surface area contributed by atoms with Gasteiger partial charge in [0.15, 0.2) is 0 Å². The zero-order valence-electron chi connectivity index (χ0n) is 9.22. The third kappa shape index (κ3) is 1.82. The average molecular weight is 169 g/mol. The predicted octanol–water partition coefficient (Wildman–Crippen LogP) is 2.76. The van der Waals surface area contributed by atoms with E-state index in [1.54, 1.807) is 0 Å². The summed E-state index contributed by atoms with van der Waals surface area (Å²) in [7, 11) is 2.24. The van der Waals surface area contributed by atoms with E-state index in [0.29, 0.717) is 5.41 Å². The highest BCUT2D eigenvalue weighted by atomic mass is 15.1. The van der Waals surface area contributed by atoms with Crippen molar-refractivity contribution in [2.24, 2.45) is 11.3 Å². The van der Waals surface area contributed by atoms with Gasteiger partial charge < -0.3 is 4.90 Å². The second-order valence-electron chi connectivity index (χ2n) is 5.09. The molecule has 1 aliphatic heterocycles. The van der Waals surface area contributed by atoms with E-state index in [4.69, 9.17) is 0 Å². The number of hydrogen-bond acceptors (Lipinski definition) is 1. The monoisotopic (exact) mass is 169 g/mol. The van der Waals surface area contributed by atoms with Crippen LogP contribution in [-0.4, -0.2) is 24.5 Å². The molecule has 0 aromatic heterocycles. The molecule has 0 amide bonds. The lowest BCUT2D eigenvalue weighted by molar-refractivity contribution is 0.0537. The summed E-state index contributed by atoms with van der Waals surface area (Å²) in [6, 6.07) is 0.770. The Labute approximate surface area is 77.1 Å². The van der Waals surface area contributed by atoms with Crippen molar-refractivity contribution in [1.29, 1.82) is 0 Å². The minimum atomic E-state index is 0.589. The molecular formula is C11H23N. The van der Waals surface area contributed by atoms with Crippen molar-refractivity contribution < 1.29 is 0 Å². The molecule has 0 spiro atoms. The summed E-state index contributed by atoms with van der Waals surface area (Å²) < 4.78 is 0. The van der Waals surface area contributed by atoms with E-state index in [1.165, 1.54) is 19.4 Å². The van der Waals surface area contributed by atoms with E-state index in [1.807, 2.05) is 0 Å². The Balaban J connectivity index is 2.60. The smallest absolute Gasteiger partial charge is 0.00691 e. The lowest BCUT2D eigenvalue weighted by atomic mass is 9.70. The van der Waals surface area contributed by atoms with Crippen molar-refractivity contribution in [3.05, 3.63) is 0 Å². The highest BCUT2D eigenvalue weighted by molar-refractivity contribution is 4.87. The van der Waals surface area contributed by atoms with Crippen molar-refractivity contribution in [1.82, 2.24) is 4.90 Å². The van der Waals surface area contributed by atoms with Crippen LogP contribution in [-0.2, 0) is 0 Å². The molecule has 1 fully saturated rings. The van der Waals surface area contributed by atoms with Crippen LogP contribution < -0.4 is 0 Å². The fourth-order valence-electron chi connectivity index (χ4n) is 2.11. The Morgan fingerprint density at radius 1 is 1.42 bits per heavy atom. The zero-order valence-corrected chi connectivity index (χ0v) is 9.22. The van der Waals surface area contributed by atoms with Gasteiger partial charge in [0.05, 0.1) is 0 Å². The molecule has 1 aliphatic rings. The van der Waals surface area contributed by atoms with Gasteiger partial charge in [-0.15, -0.1) is 0 Å². The van der Waals surface area contributed by atoms with E-state index in [9.17, 15) is 0 Å². The fourth-order valence-corrected chi connectivity index (χ4v) is 2.11. The van der Waals surface area contributed by atoms with Gasteiger partial charge >= 0.3 is 0 Å². The van der Waals surface area contributed by atoms with E-state index in [-0.39, 0.29) is 0 Å². The van der Waals surface area contributed by atoms with Crippen LogP contribution in [0.25, 0.3) is 0 Å². The Kier molecular flexibility index (Phi) is 2.82. The second kappa shape index (κ2) is 3.37. The molecule has 0 N–H and O–H groups in total. The van der Waals surface area contributed by atoms with Crippen molar-refractivity contribution in [3.63, 3.8) is 0 Å². The molecule has 12 heavy (non-hydrogen) atoms. The summed E-state index contributed by atoms with van der Waals surface area (Å²) in [6.07, 6.45) is 2.73. The number of rotatable bonds is 1. The van der Waals surface area contributed by atoms with Gasteiger partial charge in [-0.1, -0.05) is 20.8 Å². The molecule has 0 bridgehead atoms. The van der Waals surface area contributed by atoms with Crippen LogP contribution in [0.2, 0.25) is 0 Å². The average Bonchev–Trinajstić information content (AvgIpc) is 1.97. The van der Waals surface area contributed by atoms with E-state index in [0.717, 1.165) is 12.0 Å². The summed E-state index contributed by atoms with van der Waals surface area (Å²) in [5, 5.41) is 0. The topological polar surface area (TPSA) is 3.24 Å². The summed E-state index contributed by atoms with van der Waals surface area (Å²) in [5.41, 5.74) is 0.589. The van der Waals surface area contributed by atoms with Crippen LogP contribution in [0.3, 0.4) is 0 Å². The Morgan fingerprint density at radius 3 is 2.42 bits per heavy atom. The zero-order chi connectivity index (χ0) is 9.35. The number of piperidine rings is 1. The number of nitrogens with zero attached hydrogens (tertiary/aromatic N) is 1. The van der Waals surface area contributed by atoms with Gasteiger partial charge in [-0.25, -0.2) is 0 Å². The van der Waals surface area contributed by atoms with Crippen molar-refractivity contribution in [2.75, 3.05) is 13.6 Å². The molecule has 1 heteroatoms. The van der Waals surface area contributed by atoms with Gasteiger partial charge in [-0.3, -0.25) is 0 Å². The maximum Gasteiger partial charge on any atom is 0.00691 e. The molecule has 1 saturated heterocycles.